The van der Waals surface area contributed by atoms with Crippen LogP contribution in [0.4, 0.5) is 0 Å². The predicted octanol–water partition coefficient (Wildman–Crippen LogP) is 9.44. The molecule has 0 bridgehead atoms. The van der Waals surface area contributed by atoms with Gasteiger partial charge < -0.3 is 29.5 Å². The van der Waals surface area contributed by atoms with E-state index in [9.17, 15) is 34.5 Å². The Morgan fingerprint density at radius 2 is 1.51 bits per heavy atom. The van der Waals surface area contributed by atoms with Gasteiger partial charge in [-0.25, -0.2) is 0 Å². The van der Waals surface area contributed by atoms with Crippen molar-refractivity contribution in [2.75, 3.05) is 0 Å². The number of ketones is 2. The average Bonchev–Trinajstić information content (AvgIpc) is 3.10. The van der Waals surface area contributed by atoms with Gasteiger partial charge in [0, 0.05) is 41.7 Å². The fraction of sp³-hybridized carbons (Fsp3) is 0.600. The molecule has 10 heteroatoms. The lowest BCUT2D eigenvalue weighted by atomic mass is 9.63. The molecule has 2 aliphatic carbocycles. The van der Waals surface area contributed by atoms with Crippen molar-refractivity contribution in [3.8, 4) is 34.5 Å². The Morgan fingerprint density at radius 1 is 0.836 bits per heavy atom. The van der Waals surface area contributed by atoms with E-state index in [4.69, 9.17) is 14.2 Å². The van der Waals surface area contributed by atoms with Gasteiger partial charge in [0.15, 0.2) is 24.1 Å². The summed E-state index contributed by atoms with van der Waals surface area (Å²) in [6, 6.07) is 0. The van der Waals surface area contributed by atoms with Crippen LogP contribution in [0.25, 0.3) is 0 Å². The van der Waals surface area contributed by atoms with Gasteiger partial charge >= 0.3 is 0 Å². The van der Waals surface area contributed by atoms with E-state index in [1.807, 2.05) is 27.7 Å². The SMILES string of the molecule is CC1=CCC2(CC1)Oc1c(c(O)c(C=O)c(O)c1C(=O)CC(C)Oc1c3c(c(C=O)c(O)c1C(=O)CC(C)C)O[C@]1(CCCC[C@H]1C(C)C)CC3)CC2(C)C. The molecule has 2 unspecified atom stereocenters. The van der Waals surface area contributed by atoms with Crippen molar-refractivity contribution in [3.05, 3.63) is 45.0 Å². The lowest BCUT2D eigenvalue weighted by molar-refractivity contribution is -0.0666. The average molecular weight is 759 g/mol. The number of fused-ring (bicyclic) bond motifs is 2. The molecule has 1 saturated carbocycles. The molecule has 4 atom stereocenters. The highest BCUT2D eigenvalue weighted by Gasteiger charge is 2.53. The van der Waals surface area contributed by atoms with Gasteiger partial charge in [0.25, 0.3) is 0 Å². The van der Waals surface area contributed by atoms with E-state index < -0.39 is 51.5 Å². The van der Waals surface area contributed by atoms with Crippen LogP contribution in [-0.4, -0.2) is 56.8 Å². The van der Waals surface area contributed by atoms with Crippen LogP contribution in [0.2, 0.25) is 0 Å². The molecule has 2 spiro atoms. The lowest BCUT2D eigenvalue weighted by Gasteiger charge is -2.52. The number of benzene rings is 2. The molecule has 2 heterocycles. The van der Waals surface area contributed by atoms with E-state index in [2.05, 4.69) is 26.8 Å². The molecule has 6 rings (SSSR count). The van der Waals surface area contributed by atoms with E-state index in [1.165, 1.54) is 5.57 Å². The highest BCUT2D eigenvalue weighted by Crippen LogP contribution is 2.57. The molecule has 0 saturated heterocycles. The van der Waals surface area contributed by atoms with Crippen LogP contribution in [0.5, 0.6) is 34.5 Å². The van der Waals surface area contributed by atoms with Crippen molar-refractivity contribution in [2.24, 2.45) is 23.2 Å². The zero-order chi connectivity index (χ0) is 40.2. The summed E-state index contributed by atoms with van der Waals surface area (Å²) in [6.07, 6.45) is 9.14. The molecule has 2 aliphatic heterocycles. The third-order valence-corrected chi connectivity index (χ3v) is 13.0. The number of rotatable bonds is 11. The van der Waals surface area contributed by atoms with Crippen molar-refractivity contribution >= 4 is 24.1 Å². The Kier molecular flexibility index (Phi) is 11.0. The second-order valence-electron chi connectivity index (χ2n) is 18.1. The fourth-order valence-electron chi connectivity index (χ4n) is 9.90. The summed E-state index contributed by atoms with van der Waals surface area (Å²) in [6.45, 7) is 15.9. The first-order valence-electron chi connectivity index (χ1n) is 20.1. The number of phenolic OH excluding ortho intramolecular Hbond substituents is 3. The quantitative estimate of drug-likeness (QED) is 0.115. The number of phenols is 3. The van der Waals surface area contributed by atoms with E-state index >= 15 is 0 Å². The number of hydrogen-bond donors (Lipinski definition) is 3. The Hall–Kier alpha value is -4.34. The summed E-state index contributed by atoms with van der Waals surface area (Å²) in [5.74, 6) is -1.68. The van der Waals surface area contributed by atoms with Crippen LogP contribution in [0, 0.1) is 23.2 Å². The van der Waals surface area contributed by atoms with Gasteiger partial charge in [0.2, 0.25) is 0 Å². The summed E-state index contributed by atoms with van der Waals surface area (Å²) < 4.78 is 20.2. The van der Waals surface area contributed by atoms with Gasteiger partial charge in [-0.15, -0.1) is 0 Å². The van der Waals surface area contributed by atoms with Crippen LogP contribution >= 0.6 is 0 Å². The normalized spacial score (nSPS) is 24.7. The van der Waals surface area contributed by atoms with Crippen molar-refractivity contribution in [2.45, 2.75) is 150 Å². The number of aldehydes is 2. The Labute approximate surface area is 324 Å². The van der Waals surface area contributed by atoms with Gasteiger partial charge in [0.05, 0.1) is 11.1 Å². The number of hydrogen-bond acceptors (Lipinski definition) is 10. The maximum Gasteiger partial charge on any atom is 0.174 e. The maximum absolute atomic E-state index is 14.4. The molecule has 1 fully saturated rings. The van der Waals surface area contributed by atoms with Crippen LogP contribution < -0.4 is 14.2 Å². The largest absolute Gasteiger partial charge is 0.507 e. The first kappa shape index (κ1) is 40.3. The summed E-state index contributed by atoms with van der Waals surface area (Å²) in [5.41, 5.74) is -0.475. The monoisotopic (exact) mass is 758 g/mol. The van der Waals surface area contributed by atoms with Gasteiger partial charge in [-0.3, -0.25) is 19.2 Å². The molecule has 3 N–H and O–H groups in total. The summed E-state index contributed by atoms with van der Waals surface area (Å²) in [4.78, 5) is 53.2. The van der Waals surface area contributed by atoms with E-state index in [1.54, 1.807) is 6.92 Å². The van der Waals surface area contributed by atoms with Crippen molar-refractivity contribution in [1.29, 1.82) is 0 Å². The summed E-state index contributed by atoms with van der Waals surface area (Å²) in [7, 11) is 0. The molecule has 55 heavy (non-hydrogen) atoms. The molecule has 2 aromatic rings. The minimum Gasteiger partial charge on any atom is -0.507 e. The molecule has 10 nitrogen and oxygen atoms in total. The van der Waals surface area contributed by atoms with E-state index in [0.717, 1.165) is 32.1 Å². The number of allylic oxidation sites excluding steroid dienone is 1. The first-order valence-corrected chi connectivity index (χ1v) is 20.1. The highest BCUT2D eigenvalue weighted by atomic mass is 16.5. The maximum atomic E-state index is 14.4. The number of carbonyl (C=O) groups is 4. The molecular formula is C45H58O10. The minimum atomic E-state index is -0.921. The topological polar surface area (TPSA) is 157 Å². The van der Waals surface area contributed by atoms with E-state index in [0.29, 0.717) is 56.2 Å². The second-order valence-corrected chi connectivity index (χ2v) is 18.1. The number of aromatic hydroxyl groups is 3. The van der Waals surface area contributed by atoms with Crippen molar-refractivity contribution < 1.29 is 48.7 Å². The molecular weight excluding hydrogens is 700 g/mol. The van der Waals surface area contributed by atoms with Crippen LogP contribution in [0.1, 0.15) is 172 Å². The second kappa shape index (κ2) is 15.0. The van der Waals surface area contributed by atoms with Gasteiger partial charge in [-0.05, 0) is 77.0 Å². The van der Waals surface area contributed by atoms with E-state index in [-0.39, 0.29) is 69.7 Å². The predicted molar refractivity (Wildman–Crippen MR) is 208 cm³/mol. The lowest BCUT2D eigenvalue weighted by Crippen LogP contribution is -2.54. The first-order chi connectivity index (χ1) is 25.9. The molecule has 4 aliphatic rings. The molecule has 0 radical (unpaired) electrons. The van der Waals surface area contributed by atoms with Gasteiger partial charge in [0.1, 0.15) is 62.9 Å². The number of ether oxygens (including phenoxy) is 3. The molecule has 0 amide bonds. The molecule has 298 valence electrons. The molecule has 2 aromatic carbocycles. The molecule has 0 aromatic heterocycles. The van der Waals surface area contributed by atoms with Crippen LogP contribution in [-0.2, 0) is 12.8 Å². The summed E-state index contributed by atoms with van der Waals surface area (Å²) in [5, 5.41) is 34.3. The van der Waals surface area contributed by atoms with Crippen LogP contribution in [0.3, 0.4) is 0 Å². The highest BCUT2D eigenvalue weighted by molar-refractivity contribution is 6.07. The Morgan fingerprint density at radius 3 is 2.13 bits per heavy atom. The van der Waals surface area contributed by atoms with Crippen molar-refractivity contribution in [3.63, 3.8) is 0 Å². The van der Waals surface area contributed by atoms with Gasteiger partial charge in [-0.1, -0.05) is 59.6 Å². The minimum absolute atomic E-state index is 0.0597. The van der Waals surface area contributed by atoms with Crippen LogP contribution in [0.15, 0.2) is 11.6 Å². The third kappa shape index (κ3) is 6.92. The number of Topliss-reactive ketones (excluding diaryl/α,β-unsaturated/α-hetero) is 2. The Bertz CT molecular complexity index is 1940. The zero-order valence-electron chi connectivity index (χ0n) is 33.7. The standard InChI is InChI=1S/C45H58O10/c1-24(2)19-33(48)35-39(52)31(23-47)40-28(14-16-44(54-40)15-10-9-11-32(44)25(3)4)41(35)53-27(6)20-34(49)36-38(51)30(22-46)37(50)29-21-43(7,8)45(55-42(29)36)17-12-26(5)13-18-45/h12,22-25,27,32,50-52H,9-11,13-21H2,1-8H3/t27?,32-,44+,45?/m0/s1. The van der Waals surface area contributed by atoms with Crippen molar-refractivity contribution in [1.82, 2.24) is 0 Å². The summed E-state index contributed by atoms with van der Waals surface area (Å²) >= 11 is 0. The Balaban J connectivity index is 1.41. The van der Waals surface area contributed by atoms with Gasteiger partial charge in [-0.2, -0.15) is 0 Å². The zero-order valence-corrected chi connectivity index (χ0v) is 33.7. The third-order valence-electron chi connectivity index (χ3n) is 13.0. The number of carbonyl (C=O) groups excluding carboxylic acids is 4. The smallest absolute Gasteiger partial charge is 0.174 e. The fourth-order valence-corrected chi connectivity index (χ4v) is 9.90.